The number of aromatic hydroxyl groups is 1. The molecule has 0 spiro atoms. The Morgan fingerprint density at radius 1 is 1.03 bits per heavy atom. The first-order valence-electron chi connectivity index (χ1n) is 9.81. The van der Waals surface area contributed by atoms with Gasteiger partial charge >= 0.3 is 11.9 Å². The molecule has 176 valence electrons. The van der Waals surface area contributed by atoms with Gasteiger partial charge in [0.25, 0.3) is 0 Å². The molecule has 0 aromatic heterocycles. The predicted octanol–water partition coefficient (Wildman–Crippen LogP) is 3.74. The van der Waals surface area contributed by atoms with Gasteiger partial charge in [-0.15, -0.1) is 0 Å². The van der Waals surface area contributed by atoms with Crippen LogP contribution in [-0.4, -0.2) is 52.5 Å². The van der Waals surface area contributed by atoms with Crippen molar-refractivity contribution in [2.75, 3.05) is 11.9 Å². The van der Waals surface area contributed by atoms with Crippen LogP contribution in [0.2, 0.25) is 0 Å². The van der Waals surface area contributed by atoms with Crippen LogP contribution in [-0.2, 0) is 14.3 Å². The largest absolute Gasteiger partial charge is 0.506 e. The van der Waals surface area contributed by atoms with Crippen molar-refractivity contribution in [2.24, 2.45) is 0 Å². The van der Waals surface area contributed by atoms with Crippen molar-refractivity contribution < 1.29 is 34.1 Å². The number of hydrogen-bond donors (Lipinski definition) is 4. The van der Waals surface area contributed by atoms with Gasteiger partial charge in [0.1, 0.15) is 11.8 Å². The summed E-state index contributed by atoms with van der Waals surface area (Å²) in [7, 11) is 0. The van der Waals surface area contributed by atoms with Gasteiger partial charge in [0.15, 0.2) is 5.78 Å². The standard InChI is InChI=1S/C22H22Br2N2O7/c1-3-33-22(32)12-4-6-14(7-5-12)26-20(29)11(2)25-17(21(30)31)10-18(27)13-8-15(23)19(28)16(24)9-13/h4-9,11,17,25,28H,3,10H2,1-2H3,(H,26,29)(H,30,31). The van der Waals surface area contributed by atoms with E-state index >= 15 is 0 Å². The van der Waals surface area contributed by atoms with Gasteiger partial charge in [0, 0.05) is 17.7 Å². The van der Waals surface area contributed by atoms with Crippen LogP contribution < -0.4 is 10.6 Å². The number of ketones is 1. The van der Waals surface area contributed by atoms with Crippen LogP contribution >= 0.6 is 31.9 Å². The molecule has 2 rings (SSSR count). The minimum atomic E-state index is -1.32. The number of benzene rings is 2. The molecule has 0 bridgehead atoms. The minimum Gasteiger partial charge on any atom is -0.506 e. The molecule has 0 aliphatic heterocycles. The molecule has 2 unspecified atom stereocenters. The predicted molar refractivity (Wildman–Crippen MR) is 128 cm³/mol. The molecule has 0 saturated carbocycles. The fourth-order valence-electron chi connectivity index (χ4n) is 2.78. The molecule has 33 heavy (non-hydrogen) atoms. The monoisotopic (exact) mass is 584 g/mol. The Morgan fingerprint density at radius 3 is 2.12 bits per heavy atom. The smallest absolute Gasteiger partial charge is 0.338 e. The molecule has 2 atom stereocenters. The van der Waals surface area contributed by atoms with E-state index in [-0.39, 0.29) is 26.9 Å². The molecule has 0 radical (unpaired) electrons. The van der Waals surface area contributed by atoms with Gasteiger partial charge in [-0.3, -0.25) is 19.7 Å². The number of phenols is 1. The van der Waals surface area contributed by atoms with Crippen LogP contribution in [0.15, 0.2) is 45.3 Å². The highest BCUT2D eigenvalue weighted by molar-refractivity contribution is 9.11. The van der Waals surface area contributed by atoms with Gasteiger partial charge in [-0.2, -0.15) is 0 Å². The molecule has 0 saturated heterocycles. The lowest BCUT2D eigenvalue weighted by molar-refractivity contribution is -0.139. The van der Waals surface area contributed by atoms with E-state index < -0.39 is 42.1 Å². The maximum Gasteiger partial charge on any atom is 0.338 e. The Hall–Kier alpha value is -2.76. The summed E-state index contributed by atoms with van der Waals surface area (Å²) in [6.07, 6.45) is -0.412. The summed E-state index contributed by atoms with van der Waals surface area (Å²) in [5.41, 5.74) is 0.930. The first-order chi connectivity index (χ1) is 15.5. The molecular weight excluding hydrogens is 564 g/mol. The van der Waals surface area contributed by atoms with Crippen LogP contribution in [0.25, 0.3) is 0 Å². The number of aliphatic carboxylic acids is 1. The summed E-state index contributed by atoms with van der Waals surface area (Å²) in [6, 6.07) is 6.55. The van der Waals surface area contributed by atoms with E-state index in [4.69, 9.17) is 4.74 Å². The van der Waals surface area contributed by atoms with Crippen LogP contribution in [0.1, 0.15) is 41.0 Å². The molecule has 0 aliphatic carbocycles. The third-order valence-electron chi connectivity index (χ3n) is 4.53. The molecule has 0 aliphatic rings. The Bertz CT molecular complexity index is 1030. The van der Waals surface area contributed by atoms with Gasteiger partial charge in [-0.25, -0.2) is 4.79 Å². The fraction of sp³-hybridized carbons (Fsp3) is 0.273. The first-order valence-corrected chi connectivity index (χ1v) is 11.4. The third kappa shape index (κ3) is 7.37. The van der Waals surface area contributed by atoms with E-state index in [2.05, 4.69) is 42.5 Å². The molecule has 11 heteroatoms. The zero-order chi connectivity index (χ0) is 24.7. The van der Waals surface area contributed by atoms with E-state index in [0.717, 1.165) is 0 Å². The lowest BCUT2D eigenvalue weighted by Crippen LogP contribution is -2.48. The van der Waals surface area contributed by atoms with E-state index in [1.54, 1.807) is 6.92 Å². The van der Waals surface area contributed by atoms with Crippen molar-refractivity contribution in [3.8, 4) is 5.75 Å². The van der Waals surface area contributed by atoms with Crippen LogP contribution in [0.5, 0.6) is 5.75 Å². The lowest BCUT2D eigenvalue weighted by Gasteiger charge is -2.19. The normalized spacial score (nSPS) is 12.5. The molecule has 4 N–H and O–H groups in total. The number of esters is 1. The summed E-state index contributed by atoms with van der Waals surface area (Å²) in [5.74, 6) is -2.86. The van der Waals surface area contributed by atoms with Gasteiger partial charge in [-0.05, 0) is 82.1 Å². The number of halogens is 2. The van der Waals surface area contributed by atoms with Gasteiger partial charge in [0.2, 0.25) is 5.91 Å². The van der Waals surface area contributed by atoms with Crippen LogP contribution in [0.4, 0.5) is 5.69 Å². The number of carboxylic acids is 1. The van der Waals surface area contributed by atoms with Crippen molar-refractivity contribution in [3.63, 3.8) is 0 Å². The molecule has 2 aromatic carbocycles. The highest BCUT2D eigenvalue weighted by atomic mass is 79.9. The van der Waals surface area contributed by atoms with Crippen molar-refractivity contribution >= 4 is 61.2 Å². The SMILES string of the molecule is CCOC(=O)c1ccc(NC(=O)C(C)NC(CC(=O)c2cc(Br)c(O)c(Br)c2)C(=O)O)cc1. The molecule has 0 fully saturated rings. The van der Waals surface area contributed by atoms with Crippen molar-refractivity contribution in [2.45, 2.75) is 32.4 Å². The fourth-order valence-corrected chi connectivity index (χ4v) is 3.97. The van der Waals surface area contributed by atoms with E-state index in [9.17, 15) is 29.4 Å². The van der Waals surface area contributed by atoms with Gasteiger partial charge in [-0.1, -0.05) is 0 Å². The van der Waals surface area contributed by atoms with Crippen molar-refractivity contribution in [3.05, 3.63) is 56.5 Å². The average Bonchev–Trinajstić information content (AvgIpc) is 2.76. The number of nitrogens with one attached hydrogen (secondary N) is 2. The van der Waals surface area contributed by atoms with E-state index in [1.165, 1.54) is 43.3 Å². The lowest BCUT2D eigenvalue weighted by atomic mass is 10.0. The number of amides is 1. The number of hydrogen-bond acceptors (Lipinski definition) is 7. The zero-order valence-corrected chi connectivity index (χ0v) is 20.9. The number of carbonyl (C=O) groups is 4. The van der Waals surface area contributed by atoms with Crippen molar-refractivity contribution in [1.82, 2.24) is 5.32 Å². The summed E-state index contributed by atoms with van der Waals surface area (Å²) in [6.45, 7) is 3.41. The molecule has 9 nitrogen and oxygen atoms in total. The summed E-state index contributed by atoms with van der Waals surface area (Å²) in [4.78, 5) is 48.4. The molecule has 1 amide bonds. The zero-order valence-electron chi connectivity index (χ0n) is 17.7. The topological polar surface area (TPSA) is 142 Å². The first kappa shape index (κ1) is 26.5. The summed E-state index contributed by atoms with van der Waals surface area (Å²) >= 11 is 6.26. The second-order valence-electron chi connectivity index (χ2n) is 6.98. The number of phenolic OH excluding ortho intramolecular Hbond substituents is 1. The second kappa shape index (κ2) is 11.9. The number of carboxylic acid groups (broad SMARTS) is 1. The highest BCUT2D eigenvalue weighted by Gasteiger charge is 2.27. The number of anilines is 1. The minimum absolute atomic E-state index is 0.0833. The number of carbonyl (C=O) groups excluding carboxylic acids is 3. The second-order valence-corrected chi connectivity index (χ2v) is 8.69. The Kier molecular flexibility index (Phi) is 9.56. The molecular formula is C22H22Br2N2O7. The molecule has 0 heterocycles. The number of Topliss-reactive ketones (excluding diaryl/α,β-unsaturated/α-hetero) is 1. The Labute approximate surface area is 206 Å². The number of rotatable bonds is 10. The van der Waals surface area contributed by atoms with Crippen LogP contribution in [0, 0.1) is 0 Å². The maximum absolute atomic E-state index is 12.6. The summed E-state index contributed by atoms with van der Waals surface area (Å²) < 4.78 is 5.46. The average molecular weight is 586 g/mol. The third-order valence-corrected chi connectivity index (χ3v) is 5.74. The summed E-state index contributed by atoms with van der Waals surface area (Å²) in [5, 5.41) is 24.6. The van der Waals surface area contributed by atoms with E-state index in [1.807, 2.05) is 0 Å². The number of ether oxygens (including phenoxy) is 1. The Balaban J connectivity index is 2.02. The van der Waals surface area contributed by atoms with Crippen LogP contribution in [0.3, 0.4) is 0 Å². The van der Waals surface area contributed by atoms with Gasteiger partial charge in [0.05, 0.1) is 27.2 Å². The maximum atomic E-state index is 12.6. The van der Waals surface area contributed by atoms with Gasteiger partial charge < -0.3 is 20.3 Å². The quantitative estimate of drug-likeness (QED) is 0.244. The van der Waals surface area contributed by atoms with Crippen molar-refractivity contribution in [1.29, 1.82) is 0 Å². The molecule has 2 aromatic rings. The Morgan fingerprint density at radius 2 is 1.61 bits per heavy atom. The van der Waals surface area contributed by atoms with E-state index in [0.29, 0.717) is 11.3 Å². The highest BCUT2D eigenvalue weighted by Crippen LogP contribution is 2.33.